The molecule has 1 fully saturated rings. The Labute approximate surface area is 198 Å². The number of amides is 1. The molecule has 2 aromatic heterocycles. The minimum absolute atomic E-state index is 0.131. The maximum absolute atomic E-state index is 13.5. The van der Waals surface area contributed by atoms with Gasteiger partial charge in [0.1, 0.15) is 16.9 Å². The summed E-state index contributed by atoms with van der Waals surface area (Å²) in [7, 11) is 2.14. The Hall–Kier alpha value is -3.71. The zero-order chi connectivity index (χ0) is 23.1. The quantitative estimate of drug-likeness (QED) is 0.505. The number of hydrogen-bond donors (Lipinski definition) is 1. The van der Waals surface area contributed by atoms with Gasteiger partial charge in [-0.05, 0) is 32.0 Å². The number of ether oxygens (including phenoxy) is 1. The first-order valence-electron chi connectivity index (χ1n) is 11.8. The number of fused-ring (bicyclic) bond motifs is 2. The summed E-state index contributed by atoms with van der Waals surface area (Å²) in [4.78, 5) is 20.3. The molecule has 7 nitrogen and oxygen atoms in total. The molecule has 1 spiro atoms. The minimum atomic E-state index is -0.251. The van der Waals surface area contributed by atoms with Crippen molar-refractivity contribution in [3.8, 4) is 17.0 Å². The number of likely N-dealkylation sites (tertiary alicyclic amines) is 1. The van der Waals surface area contributed by atoms with Crippen molar-refractivity contribution in [1.29, 1.82) is 0 Å². The Balaban J connectivity index is 1.32. The van der Waals surface area contributed by atoms with Gasteiger partial charge < -0.3 is 15.0 Å². The maximum Gasteiger partial charge on any atom is 0.257 e. The summed E-state index contributed by atoms with van der Waals surface area (Å²) in [5, 5.41) is 7.79. The van der Waals surface area contributed by atoms with Gasteiger partial charge in [0, 0.05) is 36.8 Å². The third kappa shape index (κ3) is 3.62. The molecule has 1 atom stereocenters. The molecule has 0 radical (unpaired) electrons. The fourth-order valence-electron chi connectivity index (χ4n) is 5.19. The summed E-state index contributed by atoms with van der Waals surface area (Å²) in [6, 6.07) is 19.8. The van der Waals surface area contributed by atoms with Crippen LogP contribution in [0, 0.1) is 0 Å². The van der Waals surface area contributed by atoms with E-state index in [1.54, 1.807) is 16.9 Å². The van der Waals surface area contributed by atoms with E-state index in [2.05, 4.69) is 27.3 Å². The lowest BCUT2D eigenvalue weighted by molar-refractivity contribution is -0.0195. The molecule has 6 rings (SSSR count). The van der Waals surface area contributed by atoms with E-state index in [9.17, 15) is 4.79 Å². The monoisotopic (exact) mass is 453 g/mol. The molecule has 0 saturated carbocycles. The van der Waals surface area contributed by atoms with Crippen LogP contribution in [0.25, 0.3) is 16.9 Å². The van der Waals surface area contributed by atoms with Crippen LogP contribution in [0.5, 0.6) is 5.75 Å². The number of rotatable bonds is 3. The molecule has 1 unspecified atom stereocenters. The van der Waals surface area contributed by atoms with Crippen LogP contribution < -0.4 is 10.1 Å². The number of nitrogens with zero attached hydrogens (tertiary/aromatic N) is 4. The molecule has 0 bridgehead atoms. The lowest BCUT2D eigenvalue weighted by atomic mass is 9.80. The number of carbonyl (C=O) groups is 1. The van der Waals surface area contributed by atoms with Gasteiger partial charge >= 0.3 is 0 Å². The third-order valence-electron chi connectivity index (χ3n) is 7.12. The van der Waals surface area contributed by atoms with Crippen molar-refractivity contribution in [3.63, 3.8) is 0 Å². The lowest BCUT2D eigenvalue weighted by Crippen LogP contribution is -2.51. The van der Waals surface area contributed by atoms with E-state index >= 15 is 0 Å². The predicted molar refractivity (Wildman–Crippen MR) is 130 cm³/mol. The molecule has 1 N–H and O–H groups in total. The van der Waals surface area contributed by atoms with Crippen molar-refractivity contribution in [3.05, 3.63) is 84.2 Å². The highest BCUT2D eigenvalue weighted by molar-refractivity contribution is 6.00. The van der Waals surface area contributed by atoms with Crippen LogP contribution >= 0.6 is 0 Å². The topological polar surface area (TPSA) is 71.8 Å². The zero-order valence-electron chi connectivity index (χ0n) is 19.1. The van der Waals surface area contributed by atoms with E-state index in [0.717, 1.165) is 54.9 Å². The average molecular weight is 454 g/mol. The maximum atomic E-state index is 13.5. The summed E-state index contributed by atoms with van der Waals surface area (Å²) in [6.45, 7) is 1.98. The molecule has 2 aliphatic heterocycles. The van der Waals surface area contributed by atoms with E-state index in [1.807, 2.05) is 60.7 Å². The standard InChI is InChI=1S/C27H27N5O2/c1-31-15-12-27(13-16-31)17-22(20-9-5-6-10-24(20)34-27)30-26(33)21-18-29-32-23(11-14-28-25(21)32)19-7-3-2-4-8-19/h2-11,14,18,22H,12-13,15-17H2,1H3,(H,30,33). The van der Waals surface area contributed by atoms with Gasteiger partial charge in [-0.25, -0.2) is 9.50 Å². The van der Waals surface area contributed by atoms with E-state index in [0.29, 0.717) is 11.2 Å². The van der Waals surface area contributed by atoms with Crippen LogP contribution in [0.3, 0.4) is 0 Å². The Morgan fingerprint density at radius 1 is 1.06 bits per heavy atom. The molecule has 2 aromatic carbocycles. The lowest BCUT2D eigenvalue weighted by Gasteiger charge is -2.46. The van der Waals surface area contributed by atoms with Gasteiger partial charge in [-0.15, -0.1) is 0 Å². The number of hydrogen-bond acceptors (Lipinski definition) is 5. The van der Waals surface area contributed by atoms with Crippen molar-refractivity contribution >= 4 is 11.6 Å². The SMILES string of the molecule is CN1CCC2(CC1)CC(NC(=O)c1cnn3c(-c4ccccc4)ccnc13)c1ccccc1O2. The Morgan fingerprint density at radius 2 is 1.82 bits per heavy atom. The van der Waals surface area contributed by atoms with E-state index in [4.69, 9.17) is 4.74 Å². The van der Waals surface area contributed by atoms with Crippen molar-refractivity contribution in [2.24, 2.45) is 0 Å². The average Bonchev–Trinajstić information content (AvgIpc) is 3.31. The van der Waals surface area contributed by atoms with Gasteiger partial charge in [0.25, 0.3) is 5.91 Å². The first kappa shape index (κ1) is 20.9. The van der Waals surface area contributed by atoms with Gasteiger partial charge in [0.05, 0.1) is 17.9 Å². The molecular formula is C27H27N5O2. The molecule has 4 heterocycles. The van der Waals surface area contributed by atoms with Crippen LogP contribution in [-0.4, -0.2) is 51.1 Å². The fourth-order valence-corrected chi connectivity index (χ4v) is 5.19. The Morgan fingerprint density at radius 3 is 2.65 bits per heavy atom. The zero-order valence-corrected chi connectivity index (χ0v) is 19.1. The van der Waals surface area contributed by atoms with Gasteiger partial charge in [0.2, 0.25) is 0 Å². The van der Waals surface area contributed by atoms with Crippen LogP contribution in [0.15, 0.2) is 73.1 Å². The van der Waals surface area contributed by atoms with E-state index in [1.165, 1.54) is 0 Å². The van der Waals surface area contributed by atoms with Gasteiger partial charge in [-0.1, -0.05) is 48.5 Å². The normalized spacial score (nSPS) is 19.5. The molecule has 4 aromatic rings. The first-order valence-corrected chi connectivity index (χ1v) is 11.8. The molecule has 7 heteroatoms. The highest BCUT2D eigenvalue weighted by Crippen LogP contribution is 2.44. The molecule has 0 aliphatic carbocycles. The summed E-state index contributed by atoms with van der Waals surface area (Å²) in [5.41, 5.74) is 3.71. The Bertz CT molecular complexity index is 1340. The molecule has 34 heavy (non-hydrogen) atoms. The number of piperidine rings is 1. The number of aromatic nitrogens is 3. The fraction of sp³-hybridized carbons (Fsp3) is 0.296. The molecular weight excluding hydrogens is 426 g/mol. The van der Waals surface area contributed by atoms with Gasteiger partial charge in [-0.2, -0.15) is 5.10 Å². The van der Waals surface area contributed by atoms with Crippen molar-refractivity contribution in [1.82, 2.24) is 24.8 Å². The highest BCUT2D eigenvalue weighted by Gasteiger charge is 2.43. The second kappa shape index (κ2) is 8.25. The first-order chi connectivity index (χ1) is 16.6. The van der Waals surface area contributed by atoms with Crippen molar-refractivity contribution in [2.45, 2.75) is 30.9 Å². The summed E-state index contributed by atoms with van der Waals surface area (Å²) < 4.78 is 8.28. The second-order valence-corrected chi connectivity index (χ2v) is 9.35. The number of benzene rings is 2. The van der Waals surface area contributed by atoms with Crippen LogP contribution in [0.1, 0.15) is 41.2 Å². The van der Waals surface area contributed by atoms with Crippen molar-refractivity contribution < 1.29 is 9.53 Å². The summed E-state index contributed by atoms with van der Waals surface area (Å²) in [5.74, 6) is 0.699. The third-order valence-corrected chi connectivity index (χ3v) is 7.12. The van der Waals surface area contributed by atoms with Crippen LogP contribution in [0.2, 0.25) is 0 Å². The minimum Gasteiger partial charge on any atom is -0.487 e. The largest absolute Gasteiger partial charge is 0.487 e. The number of nitrogens with one attached hydrogen (secondary N) is 1. The molecule has 1 saturated heterocycles. The summed E-state index contributed by atoms with van der Waals surface area (Å²) in [6.07, 6.45) is 5.99. The van der Waals surface area contributed by atoms with Crippen molar-refractivity contribution in [2.75, 3.05) is 20.1 Å². The molecule has 2 aliphatic rings. The number of carbonyl (C=O) groups excluding carboxylic acids is 1. The Kier molecular flexibility index (Phi) is 5.07. The van der Waals surface area contributed by atoms with Gasteiger partial charge in [-0.3, -0.25) is 4.79 Å². The second-order valence-electron chi connectivity index (χ2n) is 9.35. The van der Waals surface area contributed by atoms with Crippen LogP contribution in [0.4, 0.5) is 0 Å². The summed E-state index contributed by atoms with van der Waals surface area (Å²) >= 11 is 0. The highest BCUT2D eigenvalue weighted by atomic mass is 16.5. The van der Waals surface area contributed by atoms with E-state index in [-0.39, 0.29) is 17.6 Å². The molecule has 1 amide bonds. The van der Waals surface area contributed by atoms with Crippen LogP contribution in [-0.2, 0) is 0 Å². The van der Waals surface area contributed by atoms with Gasteiger partial charge in [0.15, 0.2) is 5.65 Å². The molecule has 172 valence electrons. The smallest absolute Gasteiger partial charge is 0.257 e. The predicted octanol–water partition coefficient (Wildman–Crippen LogP) is 4.11. The number of para-hydroxylation sites is 1. The van der Waals surface area contributed by atoms with E-state index < -0.39 is 0 Å².